The average molecular weight is 256 g/mol. The number of imide groups is 1. The van der Waals surface area contributed by atoms with Crippen LogP contribution < -0.4 is 11.1 Å². The Hall–Kier alpha value is -1.55. The van der Waals surface area contributed by atoms with Gasteiger partial charge >= 0.3 is 30.0 Å². The van der Waals surface area contributed by atoms with Crippen LogP contribution >= 0.6 is 0 Å². The van der Waals surface area contributed by atoms with Crippen molar-refractivity contribution in [3.05, 3.63) is 0 Å². The van der Waals surface area contributed by atoms with E-state index in [1.54, 1.807) is 0 Å². The third-order valence-corrected chi connectivity index (χ3v) is 1.27. The zero-order valence-electron chi connectivity index (χ0n) is 7.04. The number of hydrogen-bond donors (Lipinski definition) is 2. The topological polar surface area (TPSA) is 72.2 Å². The summed E-state index contributed by atoms with van der Waals surface area (Å²) < 4.78 is 83.5. The Bertz CT molecular complexity index is 310. The van der Waals surface area contributed by atoms with Crippen molar-refractivity contribution in [1.29, 1.82) is 0 Å². The van der Waals surface area contributed by atoms with Crippen LogP contribution in [0.1, 0.15) is 0 Å². The zero-order chi connectivity index (χ0) is 13.4. The quantitative estimate of drug-likeness (QED) is 0.724. The van der Waals surface area contributed by atoms with Gasteiger partial charge in [0.1, 0.15) is 0 Å². The van der Waals surface area contributed by atoms with Crippen LogP contribution in [0.4, 0.5) is 35.5 Å². The van der Waals surface area contributed by atoms with Crippen molar-refractivity contribution < 1.29 is 40.3 Å². The van der Waals surface area contributed by atoms with E-state index in [-0.39, 0.29) is 0 Å². The number of hydrogen-bond acceptors (Lipinski definition) is 2. The van der Waals surface area contributed by atoms with Crippen LogP contribution in [0.5, 0.6) is 0 Å². The monoisotopic (exact) mass is 256 g/mol. The van der Waals surface area contributed by atoms with Gasteiger partial charge in [-0.25, -0.2) is 4.79 Å². The number of urea groups is 1. The van der Waals surface area contributed by atoms with E-state index in [0.29, 0.717) is 5.32 Å². The van der Waals surface area contributed by atoms with Gasteiger partial charge in [0, 0.05) is 0 Å². The second-order valence-corrected chi connectivity index (χ2v) is 2.46. The smallest absolute Gasteiger partial charge is 0.351 e. The summed E-state index contributed by atoms with van der Waals surface area (Å²) in [7, 11) is 0. The number of halogens is 7. The van der Waals surface area contributed by atoms with Crippen LogP contribution in [0.2, 0.25) is 0 Å². The first-order valence-corrected chi connectivity index (χ1v) is 3.27. The molecule has 0 bridgehead atoms. The lowest BCUT2D eigenvalue weighted by molar-refractivity contribution is -0.343. The highest BCUT2D eigenvalue weighted by atomic mass is 19.4. The molecule has 3 N–H and O–H groups in total. The third kappa shape index (κ3) is 2.33. The first kappa shape index (κ1) is 14.5. The Morgan fingerprint density at radius 3 is 1.56 bits per heavy atom. The standard InChI is InChI=1S/C5H3F7N2O2/c6-3(7,1(15)14-2(13)16)4(8,9)5(10,11)12/h(H3,13,14,15,16). The summed E-state index contributed by atoms with van der Waals surface area (Å²) in [5.41, 5.74) is 4.11. The molecule has 0 spiro atoms. The minimum absolute atomic E-state index is 0.431. The fourth-order valence-electron chi connectivity index (χ4n) is 0.511. The Morgan fingerprint density at radius 2 is 1.31 bits per heavy atom. The molecule has 0 aliphatic carbocycles. The zero-order valence-corrected chi connectivity index (χ0v) is 7.04. The normalized spacial score (nSPS) is 13.4. The maximum absolute atomic E-state index is 12.4. The fourth-order valence-corrected chi connectivity index (χ4v) is 0.511. The van der Waals surface area contributed by atoms with Gasteiger partial charge in [-0.15, -0.1) is 0 Å². The molecule has 0 aliphatic heterocycles. The highest BCUT2D eigenvalue weighted by Gasteiger charge is 2.76. The van der Waals surface area contributed by atoms with E-state index >= 15 is 0 Å². The highest BCUT2D eigenvalue weighted by Crippen LogP contribution is 2.46. The molecule has 0 aromatic heterocycles. The van der Waals surface area contributed by atoms with Crippen molar-refractivity contribution >= 4 is 11.9 Å². The first-order chi connectivity index (χ1) is 6.84. The molecule has 0 atom stereocenters. The molecular weight excluding hydrogens is 253 g/mol. The van der Waals surface area contributed by atoms with Crippen molar-refractivity contribution in [2.45, 2.75) is 18.0 Å². The van der Waals surface area contributed by atoms with Crippen LogP contribution in [-0.4, -0.2) is 30.0 Å². The second-order valence-electron chi connectivity index (χ2n) is 2.46. The van der Waals surface area contributed by atoms with E-state index in [0.717, 1.165) is 0 Å². The maximum Gasteiger partial charge on any atom is 0.460 e. The van der Waals surface area contributed by atoms with Gasteiger partial charge in [0.15, 0.2) is 0 Å². The van der Waals surface area contributed by atoms with E-state index < -0.39 is 30.0 Å². The number of nitrogens with one attached hydrogen (secondary N) is 1. The molecule has 11 heteroatoms. The molecule has 0 heterocycles. The summed E-state index contributed by atoms with van der Waals surface area (Å²) >= 11 is 0. The molecule has 16 heavy (non-hydrogen) atoms. The van der Waals surface area contributed by atoms with Crippen molar-refractivity contribution in [2.75, 3.05) is 0 Å². The lowest BCUT2D eigenvalue weighted by Gasteiger charge is -2.26. The molecular formula is C5H3F7N2O2. The largest absolute Gasteiger partial charge is 0.460 e. The fraction of sp³-hybridized carbons (Fsp3) is 0.600. The first-order valence-electron chi connectivity index (χ1n) is 3.27. The van der Waals surface area contributed by atoms with Gasteiger partial charge in [-0.1, -0.05) is 0 Å². The number of amides is 3. The molecule has 94 valence electrons. The molecule has 0 saturated carbocycles. The lowest BCUT2D eigenvalue weighted by Crippen LogP contribution is -2.60. The van der Waals surface area contributed by atoms with Gasteiger partial charge in [-0.3, -0.25) is 10.1 Å². The molecule has 0 aliphatic rings. The maximum atomic E-state index is 12.4. The van der Waals surface area contributed by atoms with E-state index in [1.165, 1.54) is 0 Å². The summed E-state index contributed by atoms with van der Waals surface area (Å²) in [4.78, 5) is 20.1. The van der Waals surface area contributed by atoms with Gasteiger partial charge in [0.25, 0.3) is 0 Å². The molecule has 0 aromatic rings. The van der Waals surface area contributed by atoms with Gasteiger partial charge in [0.2, 0.25) is 0 Å². The summed E-state index contributed by atoms with van der Waals surface area (Å²) in [6.07, 6.45) is -6.65. The molecule has 0 saturated heterocycles. The Morgan fingerprint density at radius 1 is 0.938 bits per heavy atom. The van der Waals surface area contributed by atoms with Gasteiger partial charge in [0.05, 0.1) is 0 Å². The predicted molar refractivity (Wildman–Crippen MR) is 33.7 cm³/mol. The Balaban J connectivity index is 5.19. The molecule has 4 nitrogen and oxygen atoms in total. The van der Waals surface area contributed by atoms with E-state index in [1.807, 2.05) is 0 Å². The molecule has 0 radical (unpaired) electrons. The number of rotatable bonds is 2. The van der Waals surface area contributed by atoms with Gasteiger partial charge in [-0.2, -0.15) is 30.7 Å². The van der Waals surface area contributed by atoms with Crippen molar-refractivity contribution in [2.24, 2.45) is 5.73 Å². The number of carbonyl (C=O) groups is 2. The minimum Gasteiger partial charge on any atom is -0.351 e. The van der Waals surface area contributed by atoms with E-state index in [9.17, 15) is 40.3 Å². The number of nitrogens with two attached hydrogens (primary N) is 1. The lowest BCUT2D eigenvalue weighted by atomic mass is 10.1. The Kier molecular flexibility index (Phi) is 3.42. The Labute approximate surface area is 82.6 Å². The van der Waals surface area contributed by atoms with E-state index in [4.69, 9.17) is 0 Å². The van der Waals surface area contributed by atoms with Gasteiger partial charge < -0.3 is 5.73 Å². The van der Waals surface area contributed by atoms with Crippen LogP contribution in [0.3, 0.4) is 0 Å². The minimum atomic E-state index is -6.65. The van der Waals surface area contributed by atoms with Crippen LogP contribution in [0, 0.1) is 0 Å². The van der Waals surface area contributed by atoms with Crippen LogP contribution in [0.25, 0.3) is 0 Å². The average Bonchev–Trinajstić information content (AvgIpc) is 2.00. The highest BCUT2D eigenvalue weighted by molar-refractivity contribution is 5.97. The summed E-state index contributed by atoms with van der Waals surface area (Å²) in [6, 6.07) is -1.98. The molecule has 0 fully saturated rings. The summed E-state index contributed by atoms with van der Waals surface area (Å²) in [5, 5.41) is 0.431. The number of carbonyl (C=O) groups excluding carboxylic acids is 2. The second kappa shape index (κ2) is 3.79. The van der Waals surface area contributed by atoms with Crippen molar-refractivity contribution in [1.82, 2.24) is 5.32 Å². The van der Waals surface area contributed by atoms with Crippen LogP contribution in [-0.2, 0) is 4.79 Å². The molecule has 0 aromatic carbocycles. The molecule has 3 amide bonds. The third-order valence-electron chi connectivity index (χ3n) is 1.27. The number of primary amides is 1. The molecule has 0 rings (SSSR count). The summed E-state index contributed by atoms with van der Waals surface area (Å²) in [6.45, 7) is 0. The van der Waals surface area contributed by atoms with Crippen LogP contribution in [0.15, 0.2) is 0 Å². The summed E-state index contributed by atoms with van der Waals surface area (Å²) in [5.74, 6) is -15.9. The van der Waals surface area contributed by atoms with Crippen molar-refractivity contribution in [3.8, 4) is 0 Å². The number of alkyl halides is 7. The van der Waals surface area contributed by atoms with Crippen molar-refractivity contribution in [3.63, 3.8) is 0 Å². The van der Waals surface area contributed by atoms with E-state index in [2.05, 4.69) is 5.73 Å². The predicted octanol–water partition coefficient (Wildman–Crippen LogP) is 1.01. The SMILES string of the molecule is NC(=O)NC(=O)C(F)(F)C(F)(F)C(F)(F)F. The molecule has 0 unspecified atom stereocenters. The van der Waals surface area contributed by atoms with Gasteiger partial charge in [-0.05, 0) is 0 Å².